The van der Waals surface area contributed by atoms with Crippen LogP contribution >= 0.6 is 0 Å². The summed E-state index contributed by atoms with van der Waals surface area (Å²) in [6, 6.07) is 4.54. The number of hydrogen-bond donors (Lipinski definition) is 1. The minimum atomic E-state index is -0.744. The number of alkyl halides is 1. The number of halogens is 2. The third-order valence-electron chi connectivity index (χ3n) is 1.64. The molecule has 1 N–H and O–H groups in total. The quantitative estimate of drug-likeness (QED) is 0.733. The molecule has 12 heavy (non-hydrogen) atoms. The van der Waals surface area contributed by atoms with Gasteiger partial charge in [0.15, 0.2) is 0 Å². The second-order valence-electron chi connectivity index (χ2n) is 2.59. The number of rotatable bonds is 3. The van der Waals surface area contributed by atoms with Crippen LogP contribution in [0, 0.1) is 5.82 Å². The zero-order valence-electron chi connectivity index (χ0n) is 6.90. The topological polar surface area (TPSA) is 12.0 Å². The SMILES string of the molecule is CNCc1ccc(CF)c(F)c1. The Morgan fingerprint density at radius 2 is 2.17 bits per heavy atom. The van der Waals surface area contributed by atoms with Crippen LogP contribution in [0.4, 0.5) is 8.78 Å². The molecule has 0 aromatic heterocycles. The number of nitrogens with one attached hydrogen (secondary N) is 1. The van der Waals surface area contributed by atoms with Crippen molar-refractivity contribution in [3.63, 3.8) is 0 Å². The molecule has 0 aliphatic heterocycles. The van der Waals surface area contributed by atoms with Gasteiger partial charge in [0, 0.05) is 12.1 Å². The zero-order chi connectivity index (χ0) is 8.97. The van der Waals surface area contributed by atoms with Crippen molar-refractivity contribution < 1.29 is 8.78 Å². The van der Waals surface area contributed by atoms with Crippen molar-refractivity contribution in [1.29, 1.82) is 0 Å². The van der Waals surface area contributed by atoms with Crippen LogP contribution in [0.3, 0.4) is 0 Å². The lowest BCUT2D eigenvalue weighted by molar-refractivity contribution is 0.463. The summed E-state index contributed by atoms with van der Waals surface area (Å²) in [4.78, 5) is 0. The lowest BCUT2D eigenvalue weighted by atomic mass is 10.1. The van der Waals surface area contributed by atoms with Gasteiger partial charge in [0.2, 0.25) is 0 Å². The first kappa shape index (κ1) is 9.13. The van der Waals surface area contributed by atoms with E-state index in [1.165, 1.54) is 12.1 Å². The van der Waals surface area contributed by atoms with Crippen LogP contribution in [-0.4, -0.2) is 7.05 Å². The molecule has 0 unspecified atom stereocenters. The Morgan fingerprint density at radius 3 is 2.67 bits per heavy atom. The van der Waals surface area contributed by atoms with Gasteiger partial charge in [-0.2, -0.15) is 0 Å². The molecule has 0 aliphatic carbocycles. The summed E-state index contributed by atoms with van der Waals surface area (Å²) in [5, 5.41) is 2.89. The van der Waals surface area contributed by atoms with Gasteiger partial charge >= 0.3 is 0 Å². The molecule has 1 aromatic carbocycles. The fourth-order valence-corrected chi connectivity index (χ4v) is 1.01. The van der Waals surface area contributed by atoms with Gasteiger partial charge in [-0.25, -0.2) is 8.78 Å². The van der Waals surface area contributed by atoms with Crippen LogP contribution in [0.15, 0.2) is 18.2 Å². The Morgan fingerprint density at radius 1 is 1.42 bits per heavy atom. The molecule has 1 nitrogen and oxygen atoms in total. The minimum Gasteiger partial charge on any atom is -0.316 e. The fraction of sp³-hybridized carbons (Fsp3) is 0.333. The van der Waals surface area contributed by atoms with Crippen molar-refractivity contribution in [2.75, 3.05) is 7.05 Å². The molecule has 0 bridgehead atoms. The minimum absolute atomic E-state index is 0.120. The fourth-order valence-electron chi connectivity index (χ4n) is 1.01. The van der Waals surface area contributed by atoms with Crippen molar-refractivity contribution in [3.8, 4) is 0 Å². The largest absolute Gasteiger partial charge is 0.316 e. The molecule has 0 saturated heterocycles. The molecule has 1 aromatic rings. The average Bonchev–Trinajstić information content (AvgIpc) is 2.05. The predicted octanol–water partition coefficient (Wildman–Crippen LogP) is 2.01. The maximum absolute atomic E-state index is 12.9. The van der Waals surface area contributed by atoms with Crippen molar-refractivity contribution in [1.82, 2.24) is 5.32 Å². The van der Waals surface area contributed by atoms with Crippen LogP contribution in [0.5, 0.6) is 0 Å². The van der Waals surface area contributed by atoms with Crippen LogP contribution in [0.1, 0.15) is 11.1 Å². The van der Waals surface area contributed by atoms with E-state index < -0.39 is 12.5 Å². The monoisotopic (exact) mass is 171 g/mol. The maximum Gasteiger partial charge on any atom is 0.129 e. The molecule has 0 amide bonds. The smallest absolute Gasteiger partial charge is 0.129 e. The van der Waals surface area contributed by atoms with Gasteiger partial charge in [0.05, 0.1) is 0 Å². The average molecular weight is 171 g/mol. The molecule has 0 radical (unpaired) electrons. The second-order valence-corrected chi connectivity index (χ2v) is 2.59. The van der Waals surface area contributed by atoms with Gasteiger partial charge in [-0.15, -0.1) is 0 Å². The van der Waals surface area contributed by atoms with Crippen molar-refractivity contribution in [2.45, 2.75) is 13.2 Å². The van der Waals surface area contributed by atoms with E-state index in [1.807, 2.05) is 0 Å². The molecule has 0 spiro atoms. The Kier molecular flexibility index (Phi) is 3.17. The highest BCUT2D eigenvalue weighted by atomic mass is 19.1. The summed E-state index contributed by atoms with van der Waals surface area (Å²) in [7, 11) is 1.78. The van der Waals surface area contributed by atoms with E-state index in [4.69, 9.17) is 0 Å². The molecule has 0 fully saturated rings. The predicted molar refractivity (Wildman–Crippen MR) is 44.0 cm³/mol. The highest BCUT2D eigenvalue weighted by Gasteiger charge is 2.01. The second kappa shape index (κ2) is 4.16. The van der Waals surface area contributed by atoms with Gasteiger partial charge in [0.1, 0.15) is 12.5 Å². The third kappa shape index (κ3) is 2.01. The molecule has 66 valence electrons. The van der Waals surface area contributed by atoms with Gasteiger partial charge in [-0.3, -0.25) is 0 Å². The van der Waals surface area contributed by atoms with Crippen molar-refractivity contribution in [2.24, 2.45) is 0 Å². The van der Waals surface area contributed by atoms with Crippen LogP contribution < -0.4 is 5.32 Å². The van der Waals surface area contributed by atoms with Gasteiger partial charge in [0.25, 0.3) is 0 Å². The molecule has 0 aliphatic rings. The normalized spacial score (nSPS) is 10.2. The van der Waals surface area contributed by atoms with Crippen LogP contribution in [0.25, 0.3) is 0 Å². The lowest BCUT2D eigenvalue weighted by Crippen LogP contribution is -2.05. The standard InChI is InChI=1S/C9H11F2N/c1-12-6-7-2-3-8(5-10)9(11)4-7/h2-4,12H,5-6H2,1H3. The molecular weight excluding hydrogens is 160 g/mol. The van der Waals surface area contributed by atoms with Crippen LogP contribution in [-0.2, 0) is 13.2 Å². The molecule has 0 heterocycles. The third-order valence-corrected chi connectivity index (χ3v) is 1.64. The van der Waals surface area contributed by atoms with E-state index in [0.717, 1.165) is 5.56 Å². The summed E-state index contributed by atoms with van der Waals surface area (Å²) < 4.78 is 25.0. The summed E-state index contributed by atoms with van der Waals surface area (Å²) in [6.07, 6.45) is 0. The van der Waals surface area contributed by atoms with Crippen LogP contribution in [0.2, 0.25) is 0 Å². The molecule has 3 heteroatoms. The van der Waals surface area contributed by atoms with E-state index >= 15 is 0 Å². The Hall–Kier alpha value is -0.960. The summed E-state index contributed by atoms with van der Waals surface area (Å²) in [5.74, 6) is -0.467. The molecule has 0 atom stereocenters. The van der Waals surface area contributed by atoms with Crippen molar-refractivity contribution in [3.05, 3.63) is 35.1 Å². The lowest BCUT2D eigenvalue weighted by Gasteiger charge is -2.02. The van der Waals surface area contributed by atoms with E-state index in [1.54, 1.807) is 13.1 Å². The van der Waals surface area contributed by atoms with Gasteiger partial charge in [-0.05, 0) is 18.7 Å². The highest BCUT2D eigenvalue weighted by Crippen LogP contribution is 2.11. The molecular formula is C9H11F2N. The molecule has 0 saturated carbocycles. The Labute approximate surface area is 70.4 Å². The van der Waals surface area contributed by atoms with E-state index in [9.17, 15) is 8.78 Å². The number of benzene rings is 1. The Bertz CT molecular complexity index is 261. The first-order valence-corrected chi connectivity index (χ1v) is 3.75. The summed E-state index contributed by atoms with van der Waals surface area (Å²) in [5.41, 5.74) is 0.946. The first-order chi connectivity index (χ1) is 5.77. The first-order valence-electron chi connectivity index (χ1n) is 3.75. The highest BCUT2D eigenvalue weighted by molar-refractivity contribution is 5.23. The number of hydrogen-bond acceptors (Lipinski definition) is 1. The summed E-state index contributed by atoms with van der Waals surface area (Å²) >= 11 is 0. The van der Waals surface area contributed by atoms with E-state index in [2.05, 4.69) is 5.32 Å². The van der Waals surface area contributed by atoms with Gasteiger partial charge in [-0.1, -0.05) is 12.1 Å². The summed E-state index contributed by atoms with van der Waals surface area (Å²) in [6.45, 7) is -0.144. The van der Waals surface area contributed by atoms with Gasteiger partial charge < -0.3 is 5.32 Å². The molecule has 1 rings (SSSR count). The van der Waals surface area contributed by atoms with E-state index in [0.29, 0.717) is 6.54 Å². The van der Waals surface area contributed by atoms with Crippen molar-refractivity contribution >= 4 is 0 Å². The zero-order valence-corrected chi connectivity index (χ0v) is 6.90. The van der Waals surface area contributed by atoms with E-state index in [-0.39, 0.29) is 5.56 Å². The Balaban J connectivity index is 2.86. The maximum atomic E-state index is 12.9.